The van der Waals surface area contributed by atoms with Gasteiger partial charge < -0.3 is 9.63 Å². The minimum absolute atomic E-state index is 0.0277. The molecular formula is C8H13N3O3. The second-order valence-corrected chi connectivity index (χ2v) is 3.23. The number of aromatic nitrogens is 2. The molecule has 1 N–H and O–H groups in total. The maximum atomic E-state index is 10.5. The van der Waals surface area contributed by atoms with Crippen molar-refractivity contribution in [2.75, 3.05) is 6.54 Å². The summed E-state index contributed by atoms with van der Waals surface area (Å²) < 4.78 is 4.80. The van der Waals surface area contributed by atoms with E-state index in [1.165, 1.54) is 6.33 Å². The van der Waals surface area contributed by atoms with Gasteiger partial charge in [0.15, 0.2) is 6.33 Å². The average molecular weight is 199 g/mol. The third-order valence-corrected chi connectivity index (χ3v) is 1.81. The van der Waals surface area contributed by atoms with Crippen LogP contribution >= 0.6 is 0 Å². The number of hydrogen-bond donors (Lipinski definition) is 1. The average Bonchev–Trinajstić information content (AvgIpc) is 2.54. The first-order valence-corrected chi connectivity index (χ1v) is 4.31. The summed E-state index contributed by atoms with van der Waals surface area (Å²) in [5.74, 6) is -0.432. The molecule has 0 aromatic carbocycles. The maximum Gasteiger partial charge on any atom is 0.317 e. The molecular weight excluding hydrogens is 186 g/mol. The van der Waals surface area contributed by atoms with Crippen LogP contribution in [0.25, 0.3) is 0 Å². The predicted molar refractivity (Wildman–Crippen MR) is 47.5 cm³/mol. The van der Waals surface area contributed by atoms with E-state index in [0.29, 0.717) is 12.4 Å². The number of carbonyl (C=O) groups is 1. The summed E-state index contributed by atoms with van der Waals surface area (Å²) in [5.41, 5.74) is 0. The Morgan fingerprint density at radius 3 is 2.86 bits per heavy atom. The van der Waals surface area contributed by atoms with Gasteiger partial charge in [-0.3, -0.25) is 9.69 Å². The molecule has 0 saturated heterocycles. The fraction of sp³-hybridized carbons (Fsp3) is 0.625. The Morgan fingerprint density at radius 1 is 1.71 bits per heavy atom. The summed E-state index contributed by atoms with van der Waals surface area (Å²) >= 11 is 0. The van der Waals surface area contributed by atoms with Crippen molar-refractivity contribution < 1.29 is 14.4 Å². The highest BCUT2D eigenvalue weighted by atomic mass is 16.5. The fourth-order valence-corrected chi connectivity index (χ4v) is 1.03. The van der Waals surface area contributed by atoms with Crippen LogP contribution in [0.1, 0.15) is 19.7 Å². The Kier molecular flexibility index (Phi) is 3.58. The van der Waals surface area contributed by atoms with E-state index in [2.05, 4.69) is 10.1 Å². The highest BCUT2D eigenvalue weighted by molar-refractivity contribution is 5.69. The van der Waals surface area contributed by atoms with Crippen molar-refractivity contribution in [3.63, 3.8) is 0 Å². The molecule has 6 nitrogen and oxygen atoms in total. The molecule has 6 heteroatoms. The molecule has 1 aromatic rings. The summed E-state index contributed by atoms with van der Waals surface area (Å²) in [6.45, 7) is 4.17. The lowest BCUT2D eigenvalue weighted by Crippen LogP contribution is -2.35. The van der Waals surface area contributed by atoms with E-state index in [-0.39, 0.29) is 12.6 Å². The van der Waals surface area contributed by atoms with E-state index in [1.54, 1.807) is 4.90 Å². The van der Waals surface area contributed by atoms with Crippen LogP contribution in [0, 0.1) is 0 Å². The molecule has 14 heavy (non-hydrogen) atoms. The molecule has 0 amide bonds. The second-order valence-electron chi connectivity index (χ2n) is 3.23. The zero-order chi connectivity index (χ0) is 10.6. The van der Waals surface area contributed by atoms with Crippen LogP contribution in [-0.2, 0) is 11.3 Å². The number of carboxylic acids is 1. The predicted octanol–water partition coefficient (Wildman–Crippen LogP) is 0.365. The lowest BCUT2D eigenvalue weighted by molar-refractivity contribution is -0.139. The van der Waals surface area contributed by atoms with Gasteiger partial charge in [-0.2, -0.15) is 4.98 Å². The number of aliphatic carboxylic acids is 1. The van der Waals surface area contributed by atoms with E-state index in [4.69, 9.17) is 9.63 Å². The number of carboxylic acid groups (broad SMARTS) is 1. The van der Waals surface area contributed by atoms with E-state index in [1.807, 2.05) is 13.8 Å². The van der Waals surface area contributed by atoms with Crippen molar-refractivity contribution in [2.45, 2.75) is 26.4 Å². The molecule has 1 rings (SSSR count). The van der Waals surface area contributed by atoms with Crippen molar-refractivity contribution in [2.24, 2.45) is 0 Å². The Balaban J connectivity index is 2.56. The smallest absolute Gasteiger partial charge is 0.317 e. The molecule has 0 spiro atoms. The molecule has 0 aliphatic carbocycles. The molecule has 0 bridgehead atoms. The van der Waals surface area contributed by atoms with Gasteiger partial charge in [-0.05, 0) is 13.8 Å². The maximum absolute atomic E-state index is 10.5. The van der Waals surface area contributed by atoms with Gasteiger partial charge in [0.05, 0.1) is 13.1 Å². The van der Waals surface area contributed by atoms with Gasteiger partial charge in [0, 0.05) is 6.04 Å². The van der Waals surface area contributed by atoms with Gasteiger partial charge in [0.2, 0.25) is 5.89 Å². The third-order valence-electron chi connectivity index (χ3n) is 1.81. The van der Waals surface area contributed by atoms with Crippen LogP contribution in [0.5, 0.6) is 0 Å². The first-order chi connectivity index (χ1) is 6.59. The summed E-state index contributed by atoms with van der Waals surface area (Å²) in [7, 11) is 0. The zero-order valence-electron chi connectivity index (χ0n) is 8.17. The highest BCUT2D eigenvalue weighted by Crippen LogP contribution is 2.04. The van der Waals surface area contributed by atoms with Gasteiger partial charge in [0.25, 0.3) is 0 Å². The molecule has 0 aliphatic rings. The molecule has 0 aliphatic heterocycles. The van der Waals surface area contributed by atoms with Crippen molar-refractivity contribution in [1.29, 1.82) is 0 Å². The van der Waals surface area contributed by atoms with Crippen molar-refractivity contribution in [3.05, 3.63) is 12.2 Å². The first kappa shape index (κ1) is 10.6. The Labute approximate surface area is 81.5 Å². The zero-order valence-corrected chi connectivity index (χ0v) is 8.17. The van der Waals surface area contributed by atoms with Crippen molar-refractivity contribution in [3.8, 4) is 0 Å². The topological polar surface area (TPSA) is 79.5 Å². The largest absolute Gasteiger partial charge is 0.480 e. The molecule has 78 valence electrons. The number of nitrogens with zero attached hydrogens (tertiary/aromatic N) is 3. The van der Waals surface area contributed by atoms with E-state index in [0.717, 1.165) is 0 Å². The number of rotatable bonds is 5. The van der Waals surface area contributed by atoms with Crippen LogP contribution in [0.2, 0.25) is 0 Å². The highest BCUT2D eigenvalue weighted by Gasteiger charge is 2.15. The Hall–Kier alpha value is -1.43. The molecule has 0 unspecified atom stereocenters. The summed E-state index contributed by atoms with van der Waals surface area (Å²) in [5, 5.41) is 12.1. The Morgan fingerprint density at radius 2 is 2.43 bits per heavy atom. The minimum atomic E-state index is -0.863. The molecule has 0 saturated carbocycles. The minimum Gasteiger partial charge on any atom is -0.480 e. The fourth-order valence-electron chi connectivity index (χ4n) is 1.03. The van der Waals surface area contributed by atoms with Crippen LogP contribution in [-0.4, -0.2) is 38.7 Å². The van der Waals surface area contributed by atoms with Crippen LogP contribution in [0.3, 0.4) is 0 Å². The summed E-state index contributed by atoms with van der Waals surface area (Å²) in [6.07, 6.45) is 1.30. The van der Waals surface area contributed by atoms with E-state index in [9.17, 15) is 4.79 Å². The lowest BCUT2D eigenvalue weighted by Gasteiger charge is -2.22. The summed E-state index contributed by atoms with van der Waals surface area (Å²) in [4.78, 5) is 16.1. The van der Waals surface area contributed by atoms with Gasteiger partial charge in [-0.1, -0.05) is 5.16 Å². The molecule has 0 radical (unpaired) electrons. The van der Waals surface area contributed by atoms with Crippen LogP contribution in [0.15, 0.2) is 10.9 Å². The van der Waals surface area contributed by atoms with Crippen molar-refractivity contribution >= 4 is 5.97 Å². The molecule has 0 atom stereocenters. The monoisotopic (exact) mass is 199 g/mol. The molecule has 1 heterocycles. The van der Waals surface area contributed by atoms with Crippen LogP contribution < -0.4 is 0 Å². The van der Waals surface area contributed by atoms with Gasteiger partial charge in [-0.15, -0.1) is 0 Å². The third kappa shape index (κ3) is 3.14. The van der Waals surface area contributed by atoms with Crippen LogP contribution in [0.4, 0.5) is 0 Å². The van der Waals surface area contributed by atoms with Gasteiger partial charge >= 0.3 is 5.97 Å². The number of hydrogen-bond acceptors (Lipinski definition) is 5. The quantitative estimate of drug-likeness (QED) is 0.737. The SMILES string of the molecule is CC(C)N(CC(=O)O)Cc1ncno1. The first-order valence-electron chi connectivity index (χ1n) is 4.31. The van der Waals surface area contributed by atoms with Crippen molar-refractivity contribution in [1.82, 2.24) is 15.0 Å². The summed E-state index contributed by atoms with van der Waals surface area (Å²) in [6, 6.07) is 0.123. The normalized spacial score (nSPS) is 11.1. The van der Waals surface area contributed by atoms with Gasteiger partial charge in [-0.25, -0.2) is 0 Å². The standard InChI is InChI=1S/C8H13N3O3/c1-6(2)11(4-8(12)13)3-7-9-5-10-14-7/h5-6H,3-4H2,1-2H3,(H,12,13). The molecule has 0 fully saturated rings. The molecule has 1 aromatic heterocycles. The van der Waals surface area contributed by atoms with E-state index < -0.39 is 5.97 Å². The lowest BCUT2D eigenvalue weighted by atomic mass is 10.3. The van der Waals surface area contributed by atoms with E-state index >= 15 is 0 Å². The Bertz CT molecular complexity index is 284. The second kappa shape index (κ2) is 4.71. The van der Waals surface area contributed by atoms with Gasteiger partial charge in [0.1, 0.15) is 0 Å².